The van der Waals surface area contributed by atoms with Crippen LogP contribution in [0.5, 0.6) is 5.75 Å². The number of ether oxygens (including phenoxy) is 1. The van der Waals surface area contributed by atoms with Crippen molar-refractivity contribution < 1.29 is 14.3 Å². The summed E-state index contributed by atoms with van der Waals surface area (Å²) in [7, 11) is 1.61. The largest absolute Gasteiger partial charge is 0.496 e. The smallest absolute Gasteiger partial charge is 0.180 e. The van der Waals surface area contributed by atoms with Crippen LogP contribution in [0.25, 0.3) is 0 Å². The predicted octanol–water partition coefficient (Wildman–Crippen LogP) is 4.83. The van der Waals surface area contributed by atoms with Crippen molar-refractivity contribution in [2.45, 2.75) is 38.6 Å². The van der Waals surface area contributed by atoms with Crippen LogP contribution >= 0.6 is 11.6 Å². The van der Waals surface area contributed by atoms with E-state index in [0.29, 0.717) is 28.3 Å². The number of piperidine rings is 1. The maximum absolute atomic E-state index is 13.4. The number of nitrogens with zero attached hydrogens (tertiary/aromatic N) is 1. The number of rotatable bonds is 7. The molecule has 1 fully saturated rings. The van der Waals surface area contributed by atoms with Gasteiger partial charge in [0.15, 0.2) is 11.6 Å². The fourth-order valence-corrected chi connectivity index (χ4v) is 3.92. The summed E-state index contributed by atoms with van der Waals surface area (Å²) in [6.45, 7) is 3.35. The Hall–Kier alpha value is -2.17. The van der Waals surface area contributed by atoms with Crippen molar-refractivity contribution in [3.63, 3.8) is 0 Å². The summed E-state index contributed by atoms with van der Waals surface area (Å²) in [5.41, 5.74) is 2.17. The normalized spacial score (nSPS) is 15.8. The number of hydrogen-bond donors (Lipinski definition) is 0. The lowest BCUT2D eigenvalue weighted by atomic mass is 9.93. The van der Waals surface area contributed by atoms with Crippen molar-refractivity contribution in [2.75, 3.05) is 20.2 Å². The molecule has 4 nitrogen and oxygen atoms in total. The number of carbonyl (C=O) groups excluding carboxylic acids is 2. The molecule has 0 spiro atoms. The van der Waals surface area contributed by atoms with Gasteiger partial charge in [0.2, 0.25) is 0 Å². The Bertz CT molecular complexity index is 841. The van der Waals surface area contributed by atoms with Gasteiger partial charge in [-0.1, -0.05) is 18.0 Å². The van der Waals surface area contributed by atoms with Crippen molar-refractivity contribution >= 4 is 23.2 Å². The molecule has 28 heavy (non-hydrogen) atoms. The highest BCUT2D eigenvalue weighted by molar-refractivity contribution is 6.30. The predicted molar refractivity (Wildman–Crippen MR) is 112 cm³/mol. The molecule has 0 saturated carbocycles. The highest BCUT2D eigenvalue weighted by atomic mass is 35.5. The first-order valence-electron chi connectivity index (χ1n) is 9.71. The average molecular weight is 400 g/mol. The zero-order valence-corrected chi connectivity index (χ0v) is 17.2. The van der Waals surface area contributed by atoms with Gasteiger partial charge in [0, 0.05) is 16.1 Å². The number of methoxy groups -OCH3 is 1. The molecule has 0 unspecified atom stereocenters. The van der Waals surface area contributed by atoms with E-state index in [1.807, 2.05) is 12.1 Å². The lowest BCUT2D eigenvalue weighted by molar-refractivity contribution is 0.0782. The summed E-state index contributed by atoms with van der Waals surface area (Å²) in [6.07, 6.45) is 3.89. The Labute approximate surface area is 171 Å². The summed E-state index contributed by atoms with van der Waals surface area (Å²) >= 11 is 5.99. The lowest BCUT2D eigenvalue weighted by Gasteiger charge is -2.34. The molecule has 0 aliphatic carbocycles. The fourth-order valence-electron chi connectivity index (χ4n) is 3.79. The standard InChI is InChI=1S/C23H26ClNO3/c1-16(26)18-8-11-22(28-2)19(14-18)15-21(25-12-4-3-5-13-25)23(27)17-6-9-20(24)10-7-17/h6-11,14,21H,3-5,12-13,15H2,1-2H3/t21-/m0/s1. The summed E-state index contributed by atoms with van der Waals surface area (Å²) in [5, 5.41) is 0.613. The summed E-state index contributed by atoms with van der Waals surface area (Å²) < 4.78 is 5.51. The summed E-state index contributed by atoms with van der Waals surface area (Å²) in [5.74, 6) is 0.784. The zero-order chi connectivity index (χ0) is 20.1. The van der Waals surface area contributed by atoms with E-state index >= 15 is 0 Å². The van der Waals surface area contributed by atoms with E-state index in [9.17, 15) is 9.59 Å². The maximum atomic E-state index is 13.4. The van der Waals surface area contributed by atoms with Crippen LogP contribution in [-0.2, 0) is 6.42 Å². The quantitative estimate of drug-likeness (QED) is 0.625. The molecular weight excluding hydrogens is 374 g/mol. The average Bonchev–Trinajstić information content (AvgIpc) is 2.72. The van der Waals surface area contributed by atoms with Crippen LogP contribution in [0, 0.1) is 0 Å². The van der Waals surface area contributed by atoms with E-state index in [-0.39, 0.29) is 17.6 Å². The molecule has 1 saturated heterocycles. The number of Topliss-reactive ketones (excluding diaryl/α,β-unsaturated/α-hetero) is 2. The molecule has 1 atom stereocenters. The highest BCUT2D eigenvalue weighted by Gasteiger charge is 2.29. The Morgan fingerprint density at radius 2 is 1.68 bits per heavy atom. The number of ketones is 2. The topological polar surface area (TPSA) is 46.6 Å². The molecule has 0 amide bonds. The Morgan fingerprint density at radius 3 is 2.29 bits per heavy atom. The van der Waals surface area contributed by atoms with Crippen LogP contribution in [0.1, 0.15) is 52.5 Å². The molecule has 0 N–H and O–H groups in total. The van der Waals surface area contributed by atoms with Crippen LogP contribution in [0.2, 0.25) is 5.02 Å². The van der Waals surface area contributed by atoms with Gasteiger partial charge < -0.3 is 4.74 Å². The van der Waals surface area contributed by atoms with Crippen molar-refractivity contribution in [3.05, 3.63) is 64.2 Å². The number of likely N-dealkylation sites (tertiary alicyclic amines) is 1. The minimum Gasteiger partial charge on any atom is -0.496 e. The van der Waals surface area contributed by atoms with Crippen molar-refractivity contribution in [2.24, 2.45) is 0 Å². The van der Waals surface area contributed by atoms with E-state index in [4.69, 9.17) is 16.3 Å². The van der Waals surface area contributed by atoms with E-state index in [1.165, 1.54) is 6.42 Å². The van der Waals surface area contributed by atoms with Gasteiger partial charge in [0.25, 0.3) is 0 Å². The molecule has 0 bridgehead atoms. The third-order valence-corrected chi connectivity index (χ3v) is 5.61. The van der Waals surface area contributed by atoms with Gasteiger partial charge in [0.05, 0.1) is 13.2 Å². The molecule has 1 aliphatic heterocycles. The first-order valence-corrected chi connectivity index (χ1v) is 10.1. The lowest BCUT2D eigenvalue weighted by Crippen LogP contribution is -2.45. The number of hydrogen-bond acceptors (Lipinski definition) is 4. The first-order chi connectivity index (χ1) is 13.5. The molecule has 1 aliphatic rings. The van der Waals surface area contributed by atoms with Crippen LogP contribution in [0.4, 0.5) is 0 Å². The van der Waals surface area contributed by atoms with Gasteiger partial charge in [-0.3, -0.25) is 14.5 Å². The minimum atomic E-state index is -0.294. The Morgan fingerprint density at radius 1 is 1.04 bits per heavy atom. The maximum Gasteiger partial charge on any atom is 0.180 e. The fraction of sp³-hybridized carbons (Fsp3) is 0.391. The van der Waals surface area contributed by atoms with Gasteiger partial charge in [-0.25, -0.2) is 0 Å². The molecule has 148 valence electrons. The van der Waals surface area contributed by atoms with Crippen LogP contribution in [0.15, 0.2) is 42.5 Å². The number of halogens is 1. The molecule has 5 heteroatoms. The summed E-state index contributed by atoms with van der Waals surface area (Å²) in [6, 6.07) is 12.2. The second kappa shape index (κ2) is 9.35. The van der Waals surface area contributed by atoms with Gasteiger partial charge >= 0.3 is 0 Å². The van der Waals surface area contributed by atoms with Crippen molar-refractivity contribution in [1.82, 2.24) is 4.90 Å². The van der Waals surface area contributed by atoms with Crippen molar-refractivity contribution in [3.8, 4) is 5.75 Å². The van der Waals surface area contributed by atoms with E-state index in [2.05, 4.69) is 4.90 Å². The Kier molecular flexibility index (Phi) is 6.87. The molecule has 3 rings (SSSR count). The molecule has 2 aromatic carbocycles. The highest BCUT2D eigenvalue weighted by Crippen LogP contribution is 2.26. The second-order valence-corrected chi connectivity index (χ2v) is 7.71. The Balaban J connectivity index is 1.95. The monoisotopic (exact) mass is 399 g/mol. The van der Waals surface area contributed by atoms with Gasteiger partial charge in [-0.05, 0) is 87.3 Å². The summed E-state index contributed by atoms with van der Waals surface area (Å²) in [4.78, 5) is 27.5. The minimum absolute atomic E-state index is 0.00227. The molecule has 0 radical (unpaired) electrons. The molecule has 1 heterocycles. The zero-order valence-electron chi connectivity index (χ0n) is 16.4. The van der Waals surface area contributed by atoms with Crippen LogP contribution in [0.3, 0.4) is 0 Å². The van der Waals surface area contributed by atoms with Crippen LogP contribution in [-0.4, -0.2) is 42.7 Å². The van der Waals surface area contributed by atoms with E-state index < -0.39 is 0 Å². The van der Waals surface area contributed by atoms with E-state index in [1.54, 1.807) is 44.4 Å². The number of carbonyl (C=O) groups is 2. The third kappa shape index (κ3) is 4.81. The third-order valence-electron chi connectivity index (χ3n) is 5.36. The van der Waals surface area contributed by atoms with Gasteiger partial charge in [0.1, 0.15) is 5.75 Å². The van der Waals surface area contributed by atoms with E-state index in [0.717, 1.165) is 31.5 Å². The van der Waals surface area contributed by atoms with Gasteiger partial charge in [-0.2, -0.15) is 0 Å². The SMILES string of the molecule is COc1ccc(C(C)=O)cc1C[C@@H](C(=O)c1ccc(Cl)cc1)N1CCCCC1. The molecular formula is C23H26ClNO3. The number of benzene rings is 2. The van der Waals surface area contributed by atoms with Crippen LogP contribution < -0.4 is 4.74 Å². The molecule has 2 aromatic rings. The first kappa shape index (κ1) is 20.6. The molecule has 0 aromatic heterocycles. The second-order valence-electron chi connectivity index (χ2n) is 7.27. The van der Waals surface area contributed by atoms with Crippen molar-refractivity contribution in [1.29, 1.82) is 0 Å². The van der Waals surface area contributed by atoms with Gasteiger partial charge in [-0.15, -0.1) is 0 Å².